The van der Waals surface area contributed by atoms with Crippen LogP contribution in [0.15, 0.2) is 52.5 Å². The van der Waals surface area contributed by atoms with Gasteiger partial charge in [-0.25, -0.2) is 8.42 Å². The van der Waals surface area contributed by atoms with Crippen molar-refractivity contribution in [1.82, 2.24) is 4.31 Å². The smallest absolute Gasteiger partial charge is 0.295 e. The zero-order valence-electron chi connectivity index (χ0n) is 15.2. The van der Waals surface area contributed by atoms with E-state index in [0.717, 1.165) is 6.07 Å². The van der Waals surface area contributed by atoms with Crippen LogP contribution >= 0.6 is 0 Å². The Labute approximate surface area is 167 Å². The van der Waals surface area contributed by atoms with Crippen LogP contribution < -0.4 is 5.43 Å². The van der Waals surface area contributed by atoms with Crippen molar-refractivity contribution in [2.24, 2.45) is 5.10 Å². The summed E-state index contributed by atoms with van der Waals surface area (Å²) in [5, 5.41) is 24.2. The lowest BCUT2D eigenvalue weighted by Gasteiger charge is -2.26. The summed E-state index contributed by atoms with van der Waals surface area (Å²) in [7, 11) is -3.85. The predicted octanol–water partition coefficient (Wildman–Crippen LogP) is 1.93. The molecule has 0 atom stereocenters. The number of nitriles is 1. The monoisotopic (exact) mass is 415 g/mol. The number of nitrogens with zero attached hydrogens (tertiary/aromatic N) is 4. The van der Waals surface area contributed by atoms with Gasteiger partial charge in [-0.05, 0) is 29.8 Å². The Morgan fingerprint density at radius 1 is 1.21 bits per heavy atom. The number of nitrogens with one attached hydrogen (secondary N) is 1. The van der Waals surface area contributed by atoms with E-state index in [2.05, 4.69) is 10.5 Å². The molecule has 1 N–H and O–H groups in total. The van der Waals surface area contributed by atoms with Gasteiger partial charge in [-0.15, -0.1) is 0 Å². The number of nitro groups is 1. The van der Waals surface area contributed by atoms with Gasteiger partial charge in [0.05, 0.1) is 40.9 Å². The van der Waals surface area contributed by atoms with E-state index in [4.69, 9.17) is 10.00 Å². The lowest BCUT2D eigenvalue weighted by atomic mass is 10.2. The maximum Gasteiger partial charge on any atom is 0.295 e. The van der Waals surface area contributed by atoms with Gasteiger partial charge in [0.15, 0.2) is 0 Å². The van der Waals surface area contributed by atoms with Crippen LogP contribution in [-0.2, 0) is 14.8 Å². The molecule has 0 aliphatic carbocycles. The van der Waals surface area contributed by atoms with Gasteiger partial charge in [0.1, 0.15) is 5.69 Å². The molecule has 29 heavy (non-hydrogen) atoms. The molecule has 1 aliphatic heterocycles. The van der Waals surface area contributed by atoms with Crippen molar-refractivity contribution in [1.29, 1.82) is 5.26 Å². The fourth-order valence-corrected chi connectivity index (χ4v) is 4.10. The van der Waals surface area contributed by atoms with Crippen molar-refractivity contribution in [2.45, 2.75) is 4.90 Å². The van der Waals surface area contributed by atoms with E-state index >= 15 is 0 Å². The number of benzene rings is 2. The van der Waals surface area contributed by atoms with Crippen LogP contribution in [0.5, 0.6) is 0 Å². The first-order valence-electron chi connectivity index (χ1n) is 8.57. The normalized spacial score (nSPS) is 15.1. The van der Waals surface area contributed by atoms with Crippen LogP contribution in [0, 0.1) is 21.4 Å². The first-order chi connectivity index (χ1) is 13.9. The number of nitro benzene ring substituents is 1. The summed E-state index contributed by atoms with van der Waals surface area (Å²) < 4.78 is 31.8. The Morgan fingerprint density at radius 3 is 2.52 bits per heavy atom. The molecular weight excluding hydrogens is 398 g/mol. The van der Waals surface area contributed by atoms with Gasteiger partial charge in [-0.2, -0.15) is 14.7 Å². The van der Waals surface area contributed by atoms with Crippen molar-refractivity contribution < 1.29 is 18.1 Å². The lowest BCUT2D eigenvalue weighted by Crippen LogP contribution is -2.40. The summed E-state index contributed by atoms with van der Waals surface area (Å²) in [5.74, 6) is 0. The van der Waals surface area contributed by atoms with E-state index < -0.39 is 20.6 Å². The molecule has 1 fully saturated rings. The molecular formula is C18H17N5O5S. The number of ether oxygens (including phenoxy) is 1. The van der Waals surface area contributed by atoms with E-state index in [1.807, 2.05) is 6.07 Å². The van der Waals surface area contributed by atoms with Crippen LogP contribution in [0.1, 0.15) is 11.1 Å². The molecule has 0 saturated carbocycles. The highest BCUT2D eigenvalue weighted by Crippen LogP contribution is 2.29. The van der Waals surface area contributed by atoms with Crippen LogP contribution in [0.2, 0.25) is 0 Å². The third-order valence-electron chi connectivity index (χ3n) is 4.21. The fourth-order valence-electron chi connectivity index (χ4n) is 2.67. The number of rotatable bonds is 6. The quantitative estimate of drug-likeness (QED) is 0.432. The molecule has 2 aromatic rings. The zero-order valence-corrected chi connectivity index (χ0v) is 16.0. The summed E-state index contributed by atoms with van der Waals surface area (Å²) in [5.41, 5.74) is 3.40. The topological polar surface area (TPSA) is 138 Å². The molecule has 10 nitrogen and oxygen atoms in total. The van der Waals surface area contributed by atoms with Crippen LogP contribution in [0.25, 0.3) is 0 Å². The Balaban J connectivity index is 1.81. The molecule has 2 aromatic carbocycles. The van der Waals surface area contributed by atoms with Crippen LogP contribution in [0.4, 0.5) is 11.4 Å². The summed E-state index contributed by atoms with van der Waals surface area (Å²) in [6, 6.07) is 12.2. The molecule has 1 aliphatic rings. The molecule has 0 bridgehead atoms. The van der Waals surface area contributed by atoms with Gasteiger partial charge in [0, 0.05) is 19.2 Å². The summed E-state index contributed by atoms with van der Waals surface area (Å²) >= 11 is 0. The number of hydrogen-bond donors (Lipinski definition) is 1. The third kappa shape index (κ3) is 4.75. The minimum Gasteiger partial charge on any atom is -0.379 e. The minimum absolute atomic E-state index is 0.0563. The number of morpholine rings is 1. The van der Waals surface area contributed by atoms with E-state index in [1.165, 1.54) is 22.7 Å². The third-order valence-corrected chi connectivity index (χ3v) is 6.11. The zero-order chi connectivity index (χ0) is 20.9. The molecule has 0 amide bonds. The Hall–Kier alpha value is -3.33. The maximum absolute atomic E-state index is 12.7. The van der Waals surface area contributed by atoms with Crippen molar-refractivity contribution in [3.8, 4) is 6.07 Å². The highest BCUT2D eigenvalue weighted by atomic mass is 32.2. The van der Waals surface area contributed by atoms with E-state index in [9.17, 15) is 18.5 Å². The highest BCUT2D eigenvalue weighted by molar-refractivity contribution is 7.89. The van der Waals surface area contributed by atoms with Crippen molar-refractivity contribution in [3.05, 3.63) is 63.7 Å². The van der Waals surface area contributed by atoms with Crippen LogP contribution in [0.3, 0.4) is 0 Å². The summed E-state index contributed by atoms with van der Waals surface area (Å²) in [4.78, 5) is 10.6. The average molecular weight is 415 g/mol. The van der Waals surface area contributed by atoms with E-state index in [0.29, 0.717) is 11.1 Å². The Bertz CT molecular complexity index is 1070. The summed E-state index contributed by atoms with van der Waals surface area (Å²) in [6.45, 7) is 0.964. The van der Waals surface area contributed by atoms with Crippen molar-refractivity contribution in [3.63, 3.8) is 0 Å². The minimum atomic E-state index is -3.85. The number of sulfonamides is 1. The second-order valence-corrected chi connectivity index (χ2v) is 7.99. The van der Waals surface area contributed by atoms with E-state index in [1.54, 1.807) is 24.3 Å². The molecule has 0 unspecified atom stereocenters. The van der Waals surface area contributed by atoms with Crippen molar-refractivity contribution >= 4 is 27.6 Å². The molecule has 0 aromatic heterocycles. The molecule has 0 radical (unpaired) electrons. The lowest BCUT2D eigenvalue weighted by molar-refractivity contribution is -0.384. The molecule has 150 valence electrons. The summed E-state index contributed by atoms with van der Waals surface area (Å²) in [6.07, 6.45) is 1.43. The van der Waals surface area contributed by atoms with Gasteiger partial charge in [-0.3, -0.25) is 15.5 Å². The van der Waals surface area contributed by atoms with Crippen molar-refractivity contribution in [2.75, 3.05) is 31.7 Å². The molecule has 3 rings (SSSR count). The fraction of sp³-hybridized carbons (Fsp3) is 0.222. The van der Waals surface area contributed by atoms with E-state index in [-0.39, 0.29) is 36.9 Å². The molecule has 0 spiro atoms. The van der Waals surface area contributed by atoms with Gasteiger partial charge in [0.25, 0.3) is 5.69 Å². The first kappa shape index (κ1) is 20.4. The van der Waals surface area contributed by atoms with Gasteiger partial charge in [-0.1, -0.05) is 12.1 Å². The Morgan fingerprint density at radius 2 is 1.90 bits per heavy atom. The standard InChI is InChI=1S/C18H17N5O5S/c19-12-14-1-3-15(4-2-14)13-20-21-17-6-5-16(11-18(17)23(24)25)29(26,27)22-7-9-28-10-8-22/h1-6,11,13,21H,7-10H2. The number of hydrazone groups is 1. The molecule has 1 saturated heterocycles. The second-order valence-electron chi connectivity index (χ2n) is 6.06. The number of anilines is 1. The average Bonchev–Trinajstić information content (AvgIpc) is 2.74. The largest absolute Gasteiger partial charge is 0.379 e. The predicted molar refractivity (Wildman–Crippen MR) is 105 cm³/mol. The maximum atomic E-state index is 12.7. The van der Waals surface area contributed by atoms with Crippen LogP contribution in [-0.4, -0.2) is 50.2 Å². The SMILES string of the molecule is N#Cc1ccc(C=NNc2ccc(S(=O)(=O)N3CCOCC3)cc2[N+](=O)[O-])cc1. The van der Waals surface area contributed by atoms with Gasteiger partial charge in [0.2, 0.25) is 10.0 Å². The van der Waals surface area contributed by atoms with Gasteiger partial charge >= 0.3 is 0 Å². The highest BCUT2D eigenvalue weighted by Gasteiger charge is 2.28. The number of hydrogen-bond acceptors (Lipinski definition) is 8. The Kier molecular flexibility index (Phi) is 6.18. The first-order valence-corrected chi connectivity index (χ1v) is 10.0. The molecule has 1 heterocycles. The van der Waals surface area contributed by atoms with Gasteiger partial charge < -0.3 is 4.74 Å². The second kappa shape index (κ2) is 8.78. The molecule has 11 heteroatoms.